The second kappa shape index (κ2) is 2.42. The van der Waals surface area contributed by atoms with E-state index in [1.165, 1.54) is 38.5 Å². The fourth-order valence-corrected chi connectivity index (χ4v) is 5.17. The van der Waals surface area contributed by atoms with Crippen LogP contribution in [0.3, 0.4) is 0 Å². The normalized spacial score (nSPS) is 56.2. The van der Waals surface area contributed by atoms with Crippen LogP contribution in [-0.4, -0.2) is 4.75 Å². The smallest absolute Gasteiger partial charge is 0.0310 e. The summed E-state index contributed by atoms with van der Waals surface area (Å²) in [6.07, 6.45) is 8.87. The number of nitrogens with two attached hydrogens (primary N) is 1. The van der Waals surface area contributed by atoms with Gasteiger partial charge in [-0.25, -0.2) is 0 Å². The fourth-order valence-electron chi connectivity index (χ4n) is 4.18. The predicted octanol–water partition coefficient (Wildman–Crippen LogP) is 2.56. The van der Waals surface area contributed by atoms with E-state index in [0.717, 1.165) is 17.8 Å². The molecular formula is C10H17NS. The van der Waals surface area contributed by atoms with E-state index in [9.17, 15) is 0 Å². The lowest BCUT2D eigenvalue weighted by molar-refractivity contribution is 0.0383. The molecule has 0 aromatic heterocycles. The molecule has 0 amide bonds. The molecule has 0 aromatic carbocycles. The van der Waals surface area contributed by atoms with E-state index in [0.29, 0.717) is 4.75 Å². The minimum Gasteiger partial charge on any atom is -0.277 e. The molecule has 4 aliphatic rings. The second-order valence-corrected chi connectivity index (χ2v) is 6.32. The summed E-state index contributed by atoms with van der Waals surface area (Å²) in [5.41, 5.74) is 0. The van der Waals surface area contributed by atoms with Crippen LogP contribution in [0.15, 0.2) is 0 Å². The zero-order valence-corrected chi connectivity index (χ0v) is 8.28. The van der Waals surface area contributed by atoms with Gasteiger partial charge in [0.25, 0.3) is 0 Å². The van der Waals surface area contributed by atoms with E-state index in [1.54, 1.807) is 11.9 Å². The van der Waals surface area contributed by atoms with E-state index in [4.69, 9.17) is 5.14 Å². The van der Waals surface area contributed by atoms with Gasteiger partial charge in [0.1, 0.15) is 0 Å². The van der Waals surface area contributed by atoms with Crippen molar-refractivity contribution >= 4 is 11.9 Å². The summed E-state index contributed by atoms with van der Waals surface area (Å²) < 4.78 is 0.536. The number of hydrogen-bond acceptors (Lipinski definition) is 2. The highest BCUT2D eigenvalue weighted by molar-refractivity contribution is 7.98. The number of rotatable bonds is 1. The third kappa shape index (κ3) is 0.973. The van der Waals surface area contributed by atoms with Crippen LogP contribution in [-0.2, 0) is 0 Å². The Bertz CT molecular complexity index is 167. The molecule has 2 heteroatoms. The summed E-state index contributed by atoms with van der Waals surface area (Å²) in [4.78, 5) is 0. The quantitative estimate of drug-likeness (QED) is 0.632. The van der Waals surface area contributed by atoms with Gasteiger partial charge < -0.3 is 0 Å². The topological polar surface area (TPSA) is 26.0 Å². The Morgan fingerprint density at radius 2 is 1.33 bits per heavy atom. The van der Waals surface area contributed by atoms with Crippen LogP contribution >= 0.6 is 11.9 Å². The van der Waals surface area contributed by atoms with Gasteiger partial charge in [0.15, 0.2) is 0 Å². The first kappa shape index (κ1) is 7.69. The monoisotopic (exact) mass is 183 g/mol. The minimum atomic E-state index is 0.536. The van der Waals surface area contributed by atoms with Crippen molar-refractivity contribution in [1.29, 1.82) is 0 Å². The van der Waals surface area contributed by atoms with Crippen LogP contribution < -0.4 is 5.14 Å². The van der Waals surface area contributed by atoms with E-state index in [1.807, 2.05) is 0 Å². The molecule has 0 atom stereocenters. The third-order valence-corrected chi connectivity index (χ3v) is 5.23. The minimum absolute atomic E-state index is 0.536. The second-order valence-electron chi connectivity index (χ2n) is 5.22. The summed E-state index contributed by atoms with van der Waals surface area (Å²) >= 11 is 1.68. The van der Waals surface area contributed by atoms with Crippen LogP contribution in [0, 0.1) is 17.8 Å². The largest absolute Gasteiger partial charge is 0.277 e. The Morgan fingerprint density at radius 1 is 0.917 bits per heavy atom. The van der Waals surface area contributed by atoms with Crippen molar-refractivity contribution in [2.24, 2.45) is 22.9 Å². The molecule has 4 bridgehead atoms. The van der Waals surface area contributed by atoms with Crippen molar-refractivity contribution in [2.75, 3.05) is 0 Å². The zero-order chi connectivity index (χ0) is 8.18. The highest BCUT2D eigenvalue weighted by atomic mass is 32.2. The Balaban J connectivity index is 1.90. The molecule has 4 rings (SSSR count). The molecule has 0 spiro atoms. The summed E-state index contributed by atoms with van der Waals surface area (Å²) in [6.45, 7) is 0. The van der Waals surface area contributed by atoms with Gasteiger partial charge in [-0.1, -0.05) is 11.9 Å². The Kier molecular flexibility index (Phi) is 1.55. The van der Waals surface area contributed by atoms with E-state index in [2.05, 4.69) is 0 Å². The van der Waals surface area contributed by atoms with Gasteiger partial charge in [-0.15, -0.1) is 0 Å². The summed E-state index contributed by atoms with van der Waals surface area (Å²) in [7, 11) is 0. The van der Waals surface area contributed by atoms with Gasteiger partial charge in [-0.05, 0) is 56.3 Å². The highest BCUT2D eigenvalue weighted by Gasteiger charge is 2.50. The van der Waals surface area contributed by atoms with Gasteiger partial charge in [-0.3, -0.25) is 5.14 Å². The van der Waals surface area contributed by atoms with Crippen LogP contribution in [0.25, 0.3) is 0 Å². The molecule has 0 unspecified atom stereocenters. The number of hydrogen-bond donors (Lipinski definition) is 1. The molecule has 0 radical (unpaired) electrons. The van der Waals surface area contributed by atoms with Crippen molar-refractivity contribution < 1.29 is 0 Å². The first-order chi connectivity index (χ1) is 5.80. The van der Waals surface area contributed by atoms with E-state index >= 15 is 0 Å². The highest BCUT2D eigenvalue weighted by Crippen LogP contribution is 2.59. The molecule has 4 aliphatic carbocycles. The van der Waals surface area contributed by atoms with E-state index < -0.39 is 0 Å². The van der Waals surface area contributed by atoms with Gasteiger partial charge in [0.05, 0.1) is 0 Å². The Hall–Kier alpha value is 0.310. The lowest BCUT2D eigenvalue weighted by atomic mass is 9.56. The Morgan fingerprint density at radius 3 is 1.67 bits per heavy atom. The lowest BCUT2D eigenvalue weighted by Gasteiger charge is -2.55. The summed E-state index contributed by atoms with van der Waals surface area (Å²) in [5, 5.41) is 5.84. The standard InChI is InChI=1S/C10H17NS/c11-12-10-4-7-1-8(5-10)3-9(2-7)6-10/h7-9H,1-6,11H2. The average Bonchev–Trinajstić information content (AvgIpc) is 2.02. The zero-order valence-electron chi connectivity index (χ0n) is 7.46. The molecule has 0 saturated heterocycles. The maximum atomic E-state index is 5.84. The molecule has 12 heavy (non-hydrogen) atoms. The van der Waals surface area contributed by atoms with Crippen molar-refractivity contribution in [3.63, 3.8) is 0 Å². The molecule has 4 fully saturated rings. The molecule has 0 heterocycles. The lowest BCUT2D eigenvalue weighted by Crippen LogP contribution is -2.49. The van der Waals surface area contributed by atoms with Crippen LogP contribution in [0.5, 0.6) is 0 Å². The molecule has 2 N–H and O–H groups in total. The van der Waals surface area contributed by atoms with Crippen LogP contribution in [0.1, 0.15) is 38.5 Å². The van der Waals surface area contributed by atoms with Crippen LogP contribution in [0.2, 0.25) is 0 Å². The van der Waals surface area contributed by atoms with Crippen molar-refractivity contribution in [3.8, 4) is 0 Å². The van der Waals surface area contributed by atoms with Gasteiger partial charge in [-0.2, -0.15) is 0 Å². The first-order valence-electron chi connectivity index (χ1n) is 5.17. The maximum absolute atomic E-state index is 5.84. The molecule has 0 aromatic rings. The first-order valence-corrected chi connectivity index (χ1v) is 6.05. The summed E-state index contributed by atoms with van der Waals surface area (Å²) in [6, 6.07) is 0. The molecule has 0 aliphatic heterocycles. The molecule has 4 saturated carbocycles. The molecular weight excluding hydrogens is 166 g/mol. The van der Waals surface area contributed by atoms with Gasteiger partial charge in [0, 0.05) is 4.75 Å². The molecule has 68 valence electrons. The fraction of sp³-hybridized carbons (Fsp3) is 1.00. The predicted molar refractivity (Wildman–Crippen MR) is 52.7 cm³/mol. The Labute approximate surface area is 78.6 Å². The summed E-state index contributed by atoms with van der Waals surface area (Å²) in [5.74, 6) is 3.15. The van der Waals surface area contributed by atoms with Crippen molar-refractivity contribution in [3.05, 3.63) is 0 Å². The maximum Gasteiger partial charge on any atom is 0.0310 e. The van der Waals surface area contributed by atoms with Crippen molar-refractivity contribution in [2.45, 2.75) is 43.3 Å². The third-order valence-electron chi connectivity index (χ3n) is 4.23. The van der Waals surface area contributed by atoms with E-state index in [-0.39, 0.29) is 0 Å². The SMILES string of the molecule is NSC12CC3CC(CC(C3)C1)C2. The van der Waals surface area contributed by atoms with Crippen molar-refractivity contribution in [1.82, 2.24) is 0 Å². The van der Waals surface area contributed by atoms with Gasteiger partial charge in [0.2, 0.25) is 0 Å². The van der Waals surface area contributed by atoms with Gasteiger partial charge >= 0.3 is 0 Å². The van der Waals surface area contributed by atoms with Crippen LogP contribution in [0.4, 0.5) is 0 Å². The average molecular weight is 183 g/mol. The molecule has 1 nitrogen and oxygen atoms in total.